The summed E-state index contributed by atoms with van der Waals surface area (Å²) in [5.74, 6) is -4.25. The van der Waals surface area contributed by atoms with Crippen LogP contribution in [0.3, 0.4) is 0 Å². The number of nitrogens with one attached hydrogen (secondary N) is 6. The zero-order valence-electron chi connectivity index (χ0n) is 21.8. The maximum absolute atomic E-state index is 12.7. The number of hydrogen-bond donors (Lipinski definition) is 10. The van der Waals surface area contributed by atoms with Crippen molar-refractivity contribution in [3.63, 3.8) is 0 Å². The van der Waals surface area contributed by atoms with Gasteiger partial charge in [-0.3, -0.25) is 19.2 Å². The number of para-hydroxylation sites is 1. The van der Waals surface area contributed by atoms with Gasteiger partial charge in [0.2, 0.25) is 23.6 Å². The maximum atomic E-state index is 12.7. The van der Waals surface area contributed by atoms with E-state index in [-0.39, 0.29) is 24.3 Å². The number of thiol groups is 2. The summed E-state index contributed by atoms with van der Waals surface area (Å²) in [6.07, 6.45) is 4.82. The maximum Gasteiger partial charge on any atom is 0.327 e. The molecule has 41 heavy (non-hydrogen) atoms. The fraction of sp³-hybridized carbons (Fsp3) is 0.360. The van der Waals surface area contributed by atoms with E-state index in [0.717, 1.165) is 16.5 Å². The number of H-pyrrole nitrogens is 2. The number of nitrogens with two attached hydrogens (primary N) is 1. The third-order valence-corrected chi connectivity index (χ3v) is 6.85. The van der Waals surface area contributed by atoms with Crippen LogP contribution in [0.4, 0.5) is 0 Å². The first-order valence-electron chi connectivity index (χ1n) is 12.5. The molecule has 3 aromatic rings. The van der Waals surface area contributed by atoms with E-state index in [1.807, 2.05) is 24.3 Å². The van der Waals surface area contributed by atoms with Gasteiger partial charge in [-0.05, 0) is 18.1 Å². The molecule has 4 amide bonds. The molecule has 0 aliphatic rings. The molecule has 1 aromatic carbocycles. The third kappa shape index (κ3) is 8.99. The molecule has 2 heterocycles. The quantitative estimate of drug-likeness (QED) is 0.0919. The highest BCUT2D eigenvalue weighted by Gasteiger charge is 2.28. The molecule has 0 radical (unpaired) electrons. The first-order chi connectivity index (χ1) is 19.6. The van der Waals surface area contributed by atoms with Crippen LogP contribution in [0, 0.1) is 0 Å². The van der Waals surface area contributed by atoms with E-state index in [9.17, 15) is 29.1 Å². The highest BCUT2D eigenvalue weighted by Crippen LogP contribution is 2.18. The highest BCUT2D eigenvalue weighted by atomic mass is 32.1. The zero-order valence-corrected chi connectivity index (χ0v) is 23.6. The molecular weight excluding hydrogens is 572 g/mol. The molecule has 0 bridgehead atoms. The van der Waals surface area contributed by atoms with Crippen LogP contribution in [0.2, 0.25) is 0 Å². The van der Waals surface area contributed by atoms with Gasteiger partial charge in [-0.1, -0.05) is 18.2 Å². The summed E-state index contributed by atoms with van der Waals surface area (Å²) in [4.78, 5) is 71.8. The van der Waals surface area contributed by atoms with Crippen LogP contribution < -0.4 is 27.0 Å². The van der Waals surface area contributed by atoms with Crippen molar-refractivity contribution in [1.29, 1.82) is 0 Å². The van der Waals surface area contributed by atoms with Crippen molar-refractivity contribution in [2.75, 3.05) is 18.1 Å². The number of carbonyl (C=O) groups excluding carboxylic acids is 4. The van der Waals surface area contributed by atoms with Gasteiger partial charge in [0.1, 0.15) is 18.1 Å². The van der Waals surface area contributed by atoms with E-state index in [4.69, 9.17) is 5.73 Å². The molecule has 9 N–H and O–H groups in total. The number of carboxylic acid groups (broad SMARTS) is 1. The van der Waals surface area contributed by atoms with Crippen LogP contribution in [0.25, 0.3) is 10.9 Å². The lowest BCUT2D eigenvalue weighted by Crippen LogP contribution is -2.56. The first-order valence-corrected chi connectivity index (χ1v) is 13.8. The SMILES string of the molecule is N[C@@H](Cc1c[nH]c2ccccc12)C(=O)N[C@@H](CS)C(=O)NCC(=O)N[C@@H](Cc1cnc[nH]1)C(=O)N[C@@H](CS)C(=O)O. The van der Waals surface area contributed by atoms with Gasteiger partial charge in [-0.25, -0.2) is 9.78 Å². The molecule has 0 aliphatic carbocycles. The number of carbonyl (C=O) groups is 5. The number of aromatic nitrogens is 3. The smallest absolute Gasteiger partial charge is 0.327 e. The molecule has 0 aliphatic heterocycles. The van der Waals surface area contributed by atoms with E-state index < -0.39 is 60.3 Å². The molecule has 4 atom stereocenters. The van der Waals surface area contributed by atoms with E-state index >= 15 is 0 Å². The van der Waals surface area contributed by atoms with Gasteiger partial charge in [0.05, 0.1) is 18.9 Å². The summed E-state index contributed by atoms with van der Waals surface area (Å²) >= 11 is 8.05. The average Bonchev–Trinajstić information content (AvgIpc) is 3.62. The summed E-state index contributed by atoms with van der Waals surface area (Å²) in [6.45, 7) is -0.526. The van der Waals surface area contributed by atoms with Crippen molar-refractivity contribution in [2.45, 2.75) is 37.0 Å². The predicted octanol–water partition coefficient (Wildman–Crippen LogP) is -1.48. The zero-order chi connectivity index (χ0) is 29.9. The Labute approximate surface area is 245 Å². The summed E-state index contributed by atoms with van der Waals surface area (Å²) in [6, 6.07) is 3.11. The van der Waals surface area contributed by atoms with Gasteiger partial charge in [0, 0.05) is 46.9 Å². The lowest BCUT2D eigenvalue weighted by molar-refractivity contribution is -0.141. The number of amides is 4. The summed E-state index contributed by atoms with van der Waals surface area (Å²) in [7, 11) is 0. The lowest BCUT2D eigenvalue weighted by atomic mass is 10.0. The number of nitrogens with zero attached hydrogens (tertiary/aromatic N) is 1. The Bertz CT molecular complexity index is 1370. The van der Waals surface area contributed by atoms with Crippen molar-refractivity contribution >= 4 is 65.8 Å². The average molecular weight is 605 g/mol. The van der Waals surface area contributed by atoms with Crippen LogP contribution in [0.1, 0.15) is 11.3 Å². The number of imidazole rings is 1. The minimum absolute atomic E-state index is 0.0198. The number of aliphatic carboxylic acids is 1. The van der Waals surface area contributed by atoms with Gasteiger partial charge in [0.25, 0.3) is 0 Å². The predicted molar refractivity (Wildman–Crippen MR) is 156 cm³/mol. The van der Waals surface area contributed by atoms with Crippen molar-refractivity contribution in [3.05, 3.63) is 54.2 Å². The number of rotatable bonds is 15. The standard InChI is InChI=1S/C25H32N8O6S2/c26-16(5-13-7-28-17-4-2-1-3-15(13)17)22(35)32-19(10-40)23(36)29-9-21(34)31-18(6-14-8-27-12-30-14)24(37)33-20(11-41)25(38)39/h1-4,7-8,12,16,18-20,28,40-41H,5-6,9-11,26H2,(H,27,30)(H,29,36)(H,31,34)(H,32,35)(H,33,37)(H,38,39)/t16-,18-,19-,20-/m0/s1. The Morgan fingerprint density at radius 1 is 0.902 bits per heavy atom. The number of carboxylic acids is 1. The van der Waals surface area contributed by atoms with Crippen LogP contribution in [0.15, 0.2) is 43.0 Å². The van der Waals surface area contributed by atoms with Crippen LogP contribution in [-0.2, 0) is 36.8 Å². The van der Waals surface area contributed by atoms with E-state index in [0.29, 0.717) is 5.69 Å². The number of aromatic amines is 2. The van der Waals surface area contributed by atoms with E-state index in [2.05, 4.69) is 61.5 Å². The lowest BCUT2D eigenvalue weighted by Gasteiger charge is -2.21. The Balaban J connectivity index is 1.54. The van der Waals surface area contributed by atoms with Gasteiger partial charge < -0.3 is 42.1 Å². The molecule has 0 spiro atoms. The molecular formula is C25H32N8O6S2. The second-order valence-corrected chi connectivity index (χ2v) is 9.85. The van der Waals surface area contributed by atoms with Crippen molar-refractivity contribution in [3.8, 4) is 0 Å². The fourth-order valence-electron chi connectivity index (χ4n) is 3.92. The molecule has 0 unspecified atom stereocenters. The van der Waals surface area contributed by atoms with Crippen LogP contribution in [0.5, 0.6) is 0 Å². The molecule has 14 nitrogen and oxygen atoms in total. The minimum Gasteiger partial charge on any atom is -0.480 e. The Hall–Kier alpha value is -4.02. The van der Waals surface area contributed by atoms with Crippen LogP contribution in [-0.4, -0.2) is 91.9 Å². The Kier molecular flexibility index (Phi) is 11.6. The van der Waals surface area contributed by atoms with Crippen molar-refractivity contribution in [2.24, 2.45) is 5.73 Å². The molecule has 0 fully saturated rings. The van der Waals surface area contributed by atoms with Crippen LogP contribution >= 0.6 is 25.3 Å². The van der Waals surface area contributed by atoms with Crippen molar-refractivity contribution in [1.82, 2.24) is 36.2 Å². The van der Waals surface area contributed by atoms with E-state index in [1.165, 1.54) is 12.5 Å². The van der Waals surface area contributed by atoms with Gasteiger partial charge in [-0.15, -0.1) is 0 Å². The second-order valence-electron chi connectivity index (χ2n) is 9.11. The molecule has 220 valence electrons. The first kappa shape index (κ1) is 31.5. The second kappa shape index (κ2) is 15.1. The van der Waals surface area contributed by atoms with Gasteiger partial charge >= 0.3 is 5.97 Å². The highest BCUT2D eigenvalue weighted by molar-refractivity contribution is 7.80. The summed E-state index contributed by atoms with van der Waals surface area (Å²) in [5.41, 5.74) is 8.36. The largest absolute Gasteiger partial charge is 0.480 e. The molecule has 0 saturated carbocycles. The Morgan fingerprint density at radius 2 is 1.61 bits per heavy atom. The van der Waals surface area contributed by atoms with Gasteiger partial charge in [0.15, 0.2) is 0 Å². The van der Waals surface area contributed by atoms with E-state index in [1.54, 1.807) is 6.20 Å². The van der Waals surface area contributed by atoms with Gasteiger partial charge in [-0.2, -0.15) is 25.3 Å². The number of benzene rings is 1. The number of hydrogen-bond acceptors (Lipinski definition) is 9. The molecule has 16 heteroatoms. The normalized spacial score (nSPS) is 13.9. The third-order valence-electron chi connectivity index (χ3n) is 6.12. The topological polar surface area (TPSA) is 224 Å². The van der Waals surface area contributed by atoms with Crippen molar-refractivity contribution < 1.29 is 29.1 Å². The fourth-order valence-corrected chi connectivity index (χ4v) is 4.43. The molecule has 2 aromatic heterocycles. The number of fused-ring (bicyclic) bond motifs is 1. The minimum atomic E-state index is -1.28. The summed E-state index contributed by atoms with van der Waals surface area (Å²) < 4.78 is 0. The Morgan fingerprint density at radius 3 is 2.27 bits per heavy atom. The molecule has 3 rings (SSSR count). The molecule has 0 saturated heterocycles. The monoisotopic (exact) mass is 604 g/mol. The summed E-state index contributed by atoms with van der Waals surface area (Å²) in [5, 5.41) is 19.9.